The highest BCUT2D eigenvalue weighted by atomic mass is 16.5. The van der Waals surface area contributed by atoms with E-state index in [0.717, 1.165) is 30.4 Å². The molecule has 0 aliphatic heterocycles. The molecule has 0 saturated carbocycles. The van der Waals surface area contributed by atoms with Crippen LogP contribution in [0.1, 0.15) is 29.3 Å². The fraction of sp³-hybridized carbons (Fsp3) is 0.364. The number of hydrogen-bond donors (Lipinski definition) is 0. The van der Waals surface area contributed by atoms with E-state index in [0.29, 0.717) is 6.61 Å². The molecule has 2 nitrogen and oxygen atoms in total. The largest absolute Gasteiger partial charge is 0.377 e. The molecular formula is C11H14O2. The monoisotopic (exact) mass is 178 g/mol. The molecule has 0 unspecified atom stereocenters. The summed E-state index contributed by atoms with van der Waals surface area (Å²) in [5.74, 6) is 0. The minimum Gasteiger partial charge on any atom is -0.377 e. The van der Waals surface area contributed by atoms with Gasteiger partial charge in [-0.05, 0) is 12.0 Å². The van der Waals surface area contributed by atoms with Crippen LogP contribution in [-0.4, -0.2) is 12.9 Å². The predicted molar refractivity (Wildman–Crippen MR) is 51.8 cm³/mol. The third-order valence-corrected chi connectivity index (χ3v) is 1.79. The van der Waals surface area contributed by atoms with Crippen molar-refractivity contribution in [3.8, 4) is 0 Å². The van der Waals surface area contributed by atoms with Gasteiger partial charge in [0.05, 0.1) is 6.61 Å². The SMILES string of the molecule is CCCOCc1ccccc1C=O. The van der Waals surface area contributed by atoms with E-state index in [1.807, 2.05) is 18.2 Å². The molecule has 1 aromatic carbocycles. The third-order valence-electron chi connectivity index (χ3n) is 1.79. The normalized spacial score (nSPS) is 9.92. The van der Waals surface area contributed by atoms with Crippen LogP contribution in [-0.2, 0) is 11.3 Å². The van der Waals surface area contributed by atoms with Crippen molar-refractivity contribution in [1.29, 1.82) is 0 Å². The third kappa shape index (κ3) is 2.99. The zero-order valence-electron chi connectivity index (χ0n) is 7.82. The van der Waals surface area contributed by atoms with Crippen LogP contribution in [0.15, 0.2) is 24.3 Å². The van der Waals surface area contributed by atoms with E-state index < -0.39 is 0 Å². The molecule has 0 aliphatic rings. The second-order valence-electron chi connectivity index (χ2n) is 2.87. The molecule has 0 fully saturated rings. The van der Waals surface area contributed by atoms with Crippen molar-refractivity contribution >= 4 is 6.29 Å². The van der Waals surface area contributed by atoms with Crippen LogP contribution in [0.3, 0.4) is 0 Å². The highest BCUT2D eigenvalue weighted by molar-refractivity contribution is 5.76. The molecule has 0 spiro atoms. The fourth-order valence-corrected chi connectivity index (χ4v) is 1.11. The molecule has 13 heavy (non-hydrogen) atoms. The van der Waals surface area contributed by atoms with Gasteiger partial charge in [0.1, 0.15) is 6.29 Å². The summed E-state index contributed by atoms with van der Waals surface area (Å²) >= 11 is 0. The molecule has 0 atom stereocenters. The molecule has 0 amide bonds. The minimum atomic E-state index is 0.531. The number of carbonyl (C=O) groups excluding carboxylic acids is 1. The van der Waals surface area contributed by atoms with Crippen LogP contribution in [0.5, 0.6) is 0 Å². The molecule has 0 N–H and O–H groups in total. The zero-order chi connectivity index (χ0) is 9.52. The molecule has 1 rings (SSSR count). The summed E-state index contributed by atoms with van der Waals surface area (Å²) < 4.78 is 5.35. The molecule has 2 heteroatoms. The Labute approximate surface area is 78.5 Å². The van der Waals surface area contributed by atoms with Gasteiger partial charge in [0.2, 0.25) is 0 Å². The molecule has 0 aliphatic carbocycles. The summed E-state index contributed by atoms with van der Waals surface area (Å²) in [4.78, 5) is 10.6. The van der Waals surface area contributed by atoms with Gasteiger partial charge in [0.25, 0.3) is 0 Å². The maximum absolute atomic E-state index is 10.6. The maximum Gasteiger partial charge on any atom is 0.150 e. The number of rotatable bonds is 5. The summed E-state index contributed by atoms with van der Waals surface area (Å²) in [6.07, 6.45) is 1.87. The van der Waals surface area contributed by atoms with Gasteiger partial charge in [-0.1, -0.05) is 31.2 Å². The quantitative estimate of drug-likeness (QED) is 0.511. The molecule has 0 radical (unpaired) electrons. The first-order valence-corrected chi connectivity index (χ1v) is 4.49. The van der Waals surface area contributed by atoms with Crippen molar-refractivity contribution in [3.63, 3.8) is 0 Å². The molecule has 0 heterocycles. The summed E-state index contributed by atoms with van der Waals surface area (Å²) in [5.41, 5.74) is 1.68. The lowest BCUT2D eigenvalue weighted by Crippen LogP contribution is -1.97. The Morgan fingerprint density at radius 3 is 2.85 bits per heavy atom. The average Bonchev–Trinajstić information content (AvgIpc) is 2.19. The van der Waals surface area contributed by atoms with Gasteiger partial charge in [-0.25, -0.2) is 0 Å². The van der Waals surface area contributed by atoms with Crippen molar-refractivity contribution in [2.24, 2.45) is 0 Å². The maximum atomic E-state index is 10.6. The Morgan fingerprint density at radius 1 is 1.38 bits per heavy atom. The van der Waals surface area contributed by atoms with Crippen molar-refractivity contribution in [3.05, 3.63) is 35.4 Å². The number of aldehydes is 1. The Morgan fingerprint density at radius 2 is 2.15 bits per heavy atom. The number of carbonyl (C=O) groups is 1. The predicted octanol–water partition coefficient (Wildman–Crippen LogP) is 2.43. The second-order valence-corrected chi connectivity index (χ2v) is 2.87. The Hall–Kier alpha value is -1.15. The van der Waals surface area contributed by atoms with Crippen LogP contribution < -0.4 is 0 Å². The molecule has 1 aromatic rings. The van der Waals surface area contributed by atoms with Crippen molar-refractivity contribution < 1.29 is 9.53 Å². The standard InChI is InChI=1S/C11H14O2/c1-2-7-13-9-11-6-4-3-5-10(11)8-12/h3-6,8H,2,7,9H2,1H3. The topological polar surface area (TPSA) is 26.3 Å². The van der Waals surface area contributed by atoms with E-state index in [9.17, 15) is 4.79 Å². The van der Waals surface area contributed by atoms with E-state index in [1.165, 1.54) is 0 Å². The molecular weight excluding hydrogens is 164 g/mol. The number of hydrogen-bond acceptors (Lipinski definition) is 2. The first kappa shape index (κ1) is 9.93. The van der Waals surface area contributed by atoms with E-state index >= 15 is 0 Å². The summed E-state index contributed by atoms with van der Waals surface area (Å²) in [6, 6.07) is 7.49. The van der Waals surface area contributed by atoms with Crippen LogP contribution >= 0.6 is 0 Å². The zero-order valence-corrected chi connectivity index (χ0v) is 7.82. The Balaban J connectivity index is 2.59. The van der Waals surface area contributed by atoms with E-state index in [-0.39, 0.29) is 0 Å². The van der Waals surface area contributed by atoms with Gasteiger partial charge in [-0.3, -0.25) is 4.79 Å². The lowest BCUT2D eigenvalue weighted by Gasteiger charge is -2.04. The molecule has 0 bridgehead atoms. The van der Waals surface area contributed by atoms with Gasteiger partial charge in [0, 0.05) is 12.2 Å². The van der Waals surface area contributed by atoms with Crippen LogP contribution in [0.4, 0.5) is 0 Å². The summed E-state index contributed by atoms with van der Waals surface area (Å²) in [5, 5.41) is 0. The molecule has 70 valence electrons. The van der Waals surface area contributed by atoms with E-state index in [1.54, 1.807) is 6.07 Å². The van der Waals surface area contributed by atoms with Crippen molar-refractivity contribution in [1.82, 2.24) is 0 Å². The Bertz CT molecular complexity index is 269. The van der Waals surface area contributed by atoms with Crippen LogP contribution in [0.2, 0.25) is 0 Å². The van der Waals surface area contributed by atoms with E-state index in [4.69, 9.17) is 4.74 Å². The average molecular weight is 178 g/mol. The first-order valence-electron chi connectivity index (χ1n) is 4.49. The van der Waals surface area contributed by atoms with Gasteiger partial charge >= 0.3 is 0 Å². The number of ether oxygens (including phenoxy) is 1. The second kappa shape index (κ2) is 5.49. The van der Waals surface area contributed by atoms with Gasteiger partial charge in [-0.2, -0.15) is 0 Å². The summed E-state index contributed by atoms with van der Waals surface area (Å²) in [7, 11) is 0. The lowest BCUT2D eigenvalue weighted by molar-refractivity contribution is 0.109. The van der Waals surface area contributed by atoms with Gasteiger partial charge in [0.15, 0.2) is 0 Å². The van der Waals surface area contributed by atoms with Crippen LogP contribution in [0.25, 0.3) is 0 Å². The van der Waals surface area contributed by atoms with Gasteiger partial charge in [-0.15, -0.1) is 0 Å². The fourth-order valence-electron chi connectivity index (χ4n) is 1.11. The highest BCUT2D eigenvalue weighted by Crippen LogP contribution is 2.07. The van der Waals surface area contributed by atoms with E-state index in [2.05, 4.69) is 6.92 Å². The highest BCUT2D eigenvalue weighted by Gasteiger charge is 1.98. The lowest BCUT2D eigenvalue weighted by atomic mass is 10.1. The Kier molecular flexibility index (Phi) is 4.19. The van der Waals surface area contributed by atoms with Gasteiger partial charge < -0.3 is 4.74 Å². The van der Waals surface area contributed by atoms with Crippen molar-refractivity contribution in [2.45, 2.75) is 20.0 Å². The van der Waals surface area contributed by atoms with Crippen LogP contribution in [0, 0.1) is 0 Å². The minimum absolute atomic E-state index is 0.531. The smallest absolute Gasteiger partial charge is 0.150 e. The number of benzene rings is 1. The summed E-state index contributed by atoms with van der Waals surface area (Å²) in [6.45, 7) is 3.33. The first-order chi connectivity index (χ1) is 6.38. The molecule has 0 aromatic heterocycles. The molecule has 0 saturated heterocycles. The van der Waals surface area contributed by atoms with Crippen molar-refractivity contribution in [2.75, 3.05) is 6.61 Å².